The zero-order valence-corrected chi connectivity index (χ0v) is 18.2. The molecule has 0 amide bonds. The minimum atomic E-state index is 1.02. The molecule has 0 atom stereocenters. The Morgan fingerprint density at radius 1 is 0.645 bits per heavy atom. The van der Waals surface area contributed by atoms with Crippen LogP contribution in [0.15, 0.2) is 103 Å². The first kappa shape index (κ1) is 21.3. The fourth-order valence-corrected chi connectivity index (χ4v) is 4.15. The number of nitrogens with zero attached hydrogens (tertiary/aromatic N) is 1. The van der Waals surface area contributed by atoms with Crippen LogP contribution in [0.4, 0.5) is 0 Å². The van der Waals surface area contributed by atoms with Gasteiger partial charge >= 0.3 is 0 Å². The zero-order valence-electron chi connectivity index (χ0n) is 18.2. The van der Waals surface area contributed by atoms with Crippen molar-refractivity contribution in [3.05, 3.63) is 120 Å². The van der Waals surface area contributed by atoms with Crippen LogP contribution in [-0.2, 0) is 6.54 Å². The molecule has 2 nitrogen and oxygen atoms in total. The van der Waals surface area contributed by atoms with Crippen molar-refractivity contribution in [1.82, 2.24) is 10.2 Å². The smallest absolute Gasteiger partial charge is 0.0237 e. The van der Waals surface area contributed by atoms with Gasteiger partial charge in [0.25, 0.3) is 0 Å². The number of nitrogens with one attached hydrogen (secondary N) is 1. The summed E-state index contributed by atoms with van der Waals surface area (Å²) in [6.07, 6.45) is 6.96. The maximum Gasteiger partial charge on any atom is 0.0237 e. The molecule has 3 aromatic carbocycles. The van der Waals surface area contributed by atoms with Gasteiger partial charge in [0.1, 0.15) is 0 Å². The molecule has 0 aliphatic carbocycles. The molecule has 0 radical (unpaired) electrons. The number of hydrogen-bond acceptors (Lipinski definition) is 2. The third kappa shape index (κ3) is 6.52. The van der Waals surface area contributed by atoms with Gasteiger partial charge in [-0.15, -0.1) is 0 Å². The van der Waals surface area contributed by atoms with Gasteiger partial charge in [-0.25, -0.2) is 0 Å². The van der Waals surface area contributed by atoms with Gasteiger partial charge in [-0.2, -0.15) is 0 Å². The molecule has 0 fully saturated rings. The standard InChI is InChI=1S/C18H19N.C11H13N/c1-3-7-16(8-4-1)15-19-13-11-18(12-14-19)17-9-5-2-6-10-17;1-2-4-10(5-3-1)11-6-8-12-9-7-11/h1-11H,12-15H2;1-6,12H,7-9H2. The minimum Gasteiger partial charge on any atom is -0.313 e. The second-order valence-electron chi connectivity index (χ2n) is 8.12. The third-order valence-electron chi connectivity index (χ3n) is 5.90. The normalized spacial score (nSPS) is 16.5. The molecule has 1 N–H and O–H groups in total. The van der Waals surface area contributed by atoms with Crippen molar-refractivity contribution in [2.24, 2.45) is 0 Å². The van der Waals surface area contributed by atoms with E-state index in [4.69, 9.17) is 0 Å². The van der Waals surface area contributed by atoms with Gasteiger partial charge in [-0.1, -0.05) is 103 Å². The van der Waals surface area contributed by atoms with Crippen molar-refractivity contribution in [1.29, 1.82) is 0 Å². The van der Waals surface area contributed by atoms with E-state index in [0.717, 1.165) is 45.6 Å². The van der Waals surface area contributed by atoms with Crippen LogP contribution in [0.3, 0.4) is 0 Å². The predicted octanol–water partition coefficient (Wildman–Crippen LogP) is 6.04. The molecule has 0 saturated heterocycles. The van der Waals surface area contributed by atoms with E-state index in [2.05, 4.69) is 113 Å². The van der Waals surface area contributed by atoms with Gasteiger partial charge in [0, 0.05) is 26.2 Å². The van der Waals surface area contributed by atoms with E-state index in [1.54, 1.807) is 0 Å². The lowest BCUT2D eigenvalue weighted by Crippen LogP contribution is -2.27. The number of rotatable bonds is 4. The van der Waals surface area contributed by atoms with E-state index < -0.39 is 0 Å². The zero-order chi connectivity index (χ0) is 21.1. The van der Waals surface area contributed by atoms with Crippen LogP contribution in [0.5, 0.6) is 0 Å². The molecular formula is C29H32N2. The molecule has 3 aromatic rings. The Labute approximate surface area is 186 Å². The Balaban J connectivity index is 0.000000166. The largest absolute Gasteiger partial charge is 0.313 e. The average Bonchev–Trinajstić information content (AvgIpc) is 2.87. The van der Waals surface area contributed by atoms with Crippen LogP contribution >= 0.6 is 0 Å². The van der Waals surface area contributed by atoms with E-state index in [0.29, 0.717) is 0 Å². The molecule has 31 heavy (non-hydrogen) atoms. The summed E-state index contributed by atoms with van der Waals surface area (Å²) < 4.78 is 0. The fourth-order valence-electron chi connectivity index (χ4n) is 4.15. The Morgan fingerprint density at radius 3 is 1.74 bits per heavy atom. The van der Waals surface area contributed by atoms with Crippen molar-refractivity contribution in [2.45, 2.75) is 19.4 Å². The molecule has 0 unspecified atom stereocenters. The van der Waals surface area contributed by atoms with Crippen LogP contribution < -0.4 is 5.32 Å². The maximum atomic E-state index is 3.31. The Bertz CT molecular complexity index is 975. The lowest BCUT2D eigenvalue weighted by molar-refractivity contribution is 0.294. The minimum absolute atomic E-state index is 1.02. The van der Waals surface area contributed by atoms with Gasteiger partial charge in [0.15, 0.2) is 0 Å². The molecule has 0 aromatic heterocycles. The molecule has 2 aliphatic heterocycles. The van der Waals surface area contributed by atoms with Crippen molar-refractivity contribution < 1.29 is 0 Å². The first-order valence-electron chi connectivity index (χ1n) is 11.3. The molecular weight excluding hydrogens is 376 g/mol. The van der Waals surface area contributed by atoms with Gasteiger partial charge in [-0.3, -0.25) is 4.90 Å². The van der Waals surface area contributed by atoms with Crippen LogP contribution in [0.1, 0.15) is 29.5 Å². The van der Waals surface area contributed by atoms with E-state index >= 15 is 0 Å². The molecule has 0 saturated carbocycles. The highest BCUT2D eigenvalue weighted by Crippen LogP contribution is 2.23. The highest BCUT2D eigenvalue weighted by molar-refractivity contribution is 5.67. The van der Waals surface area contributed by atoms with Gasteiger partial charge in [-0.05, 0) is 47.2 Å². The Morgan fingerprint density at radius 2 is 1.23 bits per heavy atom. The molecule has 5 rings (SSSR count). The van der Waals surface area contributed by atoms with Crippen LogP contribution in [0.25, 0.3) is 11.1 Å². The highest BCUT2D eigenvalue weighted by atomic mass is 15.1. The fraction of sp³-hybridized carbons (Fsp3) is 0.241. The topological polar surface area (TPSA) is 15.3 Å². The summed E-state index contributed by atoms with van der Waals surface area (Å²) in [5, 5.41) is 3.31. The van der Waals surface area contributed by atoms with Gasteiger partial charge in [0.05, 0.1) is 0 Å². The van der Waals surface area contributed by atoms with Crippen molar-refractivity contribution in [3.8, 4) is 0 Å². The van der Waals surface area contributed by atoms with Crippen LogP contribution in [0, 0.1) is 0 Å². The summed E-state index contributed by atoms with van der Waals surface area (Å²) in [5.74, 6) is 0. The second-order valence-corrected chi connectivity index (χ2v) is 8.12. The second kappa shape index (κ2) is 11.5. The van der Waals surface area contributed by atoms with Gasteiger partial charge in [0.2, 0.25) is 0 Å². The van der Waals surface area contributed by atoms with Crippen molar-refractivity contribution in [3.63, 3.8) is 0 Å². The molecule has 0 spiro atoms. The van der Waals surface area contributed by atoms with Crippen molar-refractivity contribution in [2.75, 3.05) is 26.2 Å². The Hall–Kier alpha value is -2.94. The molecule has 2 aliphatic rings. The quantitative estimate of drug-likeness (QED) is 0.566. The van der Waals surface area contributed by atoms with Crippen LogP contribution in [-0.4, -0.2) is 31.1 Å². The maximum absolute atomic E-state index is 3.31. The molecule has 0 bridgehead atoms. The van der Waals surface area contributed by atoms with Crippen molar-refractivity contribution >= 4 is 11.1 Å². The monoisotopic (exact) mass is 408 g/mol. The first-order chi connectivity index (χ1) is 15.4. The summed E-state index contributed by atoms with van der Waals surface area (Å²) in [5.41, 5.74) is 7.12. The summed E-state index contributed by atoms with van der Waals surface area (Å²) in [4.78, 5) is 2.50. The Kier molecular flexibility index (Phi) is 7.87. The molecule has 158 valence electrons. The number of benzene rings is 3. The van der Waals surface area contributed by atoms with E-state index in [-0.39, 0.29) is 0 Å². The summed E-state index contributed by atoms with van der Waals surface area (Å²) in [6.45, 7) is 5.39. The third-order valence-corrected chi connectivity index (χ3v) is 5.90. The van der Waals surface area contributed by atoms with E-state index in [1.165, 1.54) is 27.8 Å². The van der Waals surface area contributed by atoms with Crippen LogP contribution in [0.2, 0.25) is 0 Å². The average molecular weight is 409 g/mol. The summed E-state index contributed by atoms with van der Waals surface area (Å²) in [7, 11) is 0. The molecule has 2 heterocycles. The van der Waals surface area contributed by atoms with Gasteiger partial charge < -0.3 is 5.32 Å². The lowest BCUT2D eigenvalue weighted by Gasteiger charge is -2.26. The lowest BCUT2D eigenvalue weighted by atomic mass is 9.99. The first-order valence-corrected chi connectivity index (χ1v) is 11.3. The number of hydrogen-bond donors (Lipinski definition) is 1. The SMILES string of the molecule is C1=C(c2ccccc2)CCN(Cc2ccccc2)C1.C1=C(c2ccccc2)CCNC1. The predicted molar refractivity (Wildman–Crippen MR) is 133 cm³/mol. The van der Waals surface area contributed by atoms with E-state index in [9.17, 15) is 0 Å². The summed E-state index contributed by atoms with van der Waals surface area (Å²) in [6, 6.07) is 32.1. The van der Waals surface area contributed by atoms with E-state index in [1.807, 2.05) is 0 Å². The molecule has 2 heteroatoms. The highest BCUT2D eigenvalue weighted by Gasteiger charge is 2.12. The summed E-state index contributed by atoms with van der Waals surface area (Å²) >= 11 is 0.